The van der Waals surface area contributed by atoms with Gasteiger partial charge in [0, 0.05) is 52.1 Å². The molecule has 0 spiro atoms. The van der Waals surface area contributed by atoms with Crippen LogP contribution in [-0.4, -0.2) is 16.2 Å². The molecule has 1 aliphatic rings. The van der Waals surface area contributed by atoms with E-state index in [1.165, 1.54) is 22.8 Å². The van der Waals surface area contributed by atoms with Crippen molar-refractivity contribution < 1.29 is 13.5 Å². The van der Waals surface area contributed by atoms with Gasteiger partial charge in [0.1, 0.15) is 35.6 Å². The number of ether oxygens (including phenoxy) is 1. The average Bonchev–Trinajstić information content (AvgIpc) is 3.88. The zero-order valence-electron chi connectivity index (χ0n) is 43.8. The van der Waals surface area contributed by atoms with Gasteiger partial charge in [-0.1, -0.05) is 132 Å². The lowest BCUT2D eigenvalue weighted by molar-refractivity contribution is 0.483. The lowest BCUT2D eigenvalue weighted by Crippen LogP contribution is -2.26. The first kappa shape index (κ1) is 48.4. The lowest BCUT2D eigenvalue weighted by atomic mass is 9.79. The van der Waals surface area contributed by atoms with E-state index in [9.17, 15) is 4.39 Å². The van der Waals surface area contributed by atoms with E-state index in [0.29, 0.717) is 18.2 Å². The number of para-hydroxylation sites is 1. The number of pyridine rings is 1. The molecule has 0 fully saturated rings. The number of nitrogens with zero attached hydrogens (tertiary/aromatic N) is 4. The van der Waals surface area contributed by atoms with Gasteiger partial charge >= 0.3 is 0 Å². The van der Waals surface area contributed by atoms with Crippen LogP contribution >= 0.6 is 0 Å². The van der Waals surface area contributed by atoms with Gasteiger partial charge in [-0.2, -0.15) is 0 Å². The number of rotatable bonds is 10. The monoisotopic (exact) mass is 957 g/mol. The second-order valence-corrected chi connectivity index (χ2v) is 22.7. The molecule has 0 radical (unpaired) electrons. The fraction of sp³-hybridized carbons (Fsp3) is 0.277. The molecule has 3 heterocycles. The highest BCUT2D eigenvalue weighted by Gasteiger charge is 2.34. The van der Waals surface area contributed by atoms with Crippen LogP contribution in [0.2, 0.25) is 0 Å². The van der Waals surface area contributed by atoms with Crippen LogP contribution in [0.4, 0.5) is 31.5 Å². The highest BCUT2D eigenvalue weighted by Crippen LogP contribution is 2.52. The topological polar surface area (TPSA) is 33.5 Å². The molecule has 9 aromatic rings. The van der Waals surface area contributed by atoms with Gasteiger partial charge in [0.25, 0.3) is 0 Å². The van der Waals surface area contributed by atoms with Gasteiger partial charge in [-0.25, -0.2) is 13.8 Å². The van der Waals surface area contributed by atoms with E-state index in [4.69, 9.17) is 9.72 Å². The molecule has 0 amide bonds. The van der Waals surface area contributed by atoms with Crippen LogP contribution in [0.1, 0.15) is 129 Å². The molecule has 7 aromatic carbocycles. The van der Waals surface area contributed by atoms with Crippen LogP contribution in [0.5, 0.6) is 11.5 Å². The highest BCUT2D eigenvalue weighted by molar-refractivity contribution is 6.09. The predicted molar refractivity (Wildman–Crippen MR) is 298 cm³/mol. The van der Waals surface area contributed by atoms with Crippen molar-refractivity contribution >= 4 is 44.6 Å². The number of aromatic nitrogens is 2. The van der Waals surface area contributed by atoms with Gasteiger partial charge in [0.15, 0.2) is 0 Å². The lowest BCUT2D eigenvalue weighted by Gasteiger charge is -2.30. The summed E-state index contributed by atoms with van der Waals surface area (Å²) in [6.07, 6.45) is 1.84. The van der Waals surface area contributed by atoms with Crippen LogP contribution < -0.4 is 14.5 Å². The summed E-state index contributed by atoms with van der Waals surface area (Å²) in [4.78, 5) is 9.66. The van der Waals surface area contributed by atoms with Gasteiger partial charge in [0.05, 0.1) is 22.4 Å². The number of fused-ring (bicyclic) bond motifs is 4. The molecular formula is C65H66F2N4O. The molecule has 7 heteroatoms. The largest absolute Gasteiger partial charge is 0.457 e. The summed E-state index contributed by atoms with van der Waals surface area (Å²) in [7, 11) is 0. The Hall–Kier alpha value is -7.25. The molecule has 0 saturated carbocycles. The summed E-state index contributed by atoms with van der Waals surface area (Å²) in [5, 5.41) is 2.28. The van der Waals surface area contributed by atoms with Crippen LogP contribution in [-0.2, 0) is 10.8 Å². The third kappa shape index (κ3) is 9.03. The number of halogens is 2. The summed E-state index contributed by atoms with van der Waals surface area (Å²) in [6, 6.07) is 49.6. The Morgan fingerprint density at radius 3 is 1.83 bits per heavy atom. The maximum atomic E-state index is 15.6. The number of anilines is 4. The maximum Gasteiger partial charge on any atom is 0.137 e. The van der Waals surface area contributed by atoms with E-state index in [1.807, 2.05) is 24.4 Å². The molecule has 1 aliphatic heterocycles. The molecule has 0 saturated heterocycles. The maximum absolute atomic E-state index is 15.6. The van der Waals surface area contributed by atoms with Crippen molar-refractivity contribution in [3.05, 3.63) is 191 Å². The van der Waals surface area contributed by atoms with Crippen molar-refractivity contribution in [2.24, 2.45) is 0 Å². The first-order chi connectivity index (χ1) is 34.2. The normalized spacial score (nSPS) is 13.1. The fourth-order valence-electron chi connectivity index (χ4n) is 10.3. The molecule has 5 nitrogen and oxygen atoms in total. The molecule has 0 atom stereocenters. The summed E-state index contributed by atoms with van der Waals surface area (Å²) in [5.74, 6) is 1.61. The predicted octanol–water partition coefficient (Wildman–Crippen LogP) is 18.8. The Labute approximate surface area is 424 Å². The quantitative estimate of drug-likeness (QED) is 0.137. The molecule has 0 bridgehead atoms. The standard InChI is InChI=1S/C65H66F2N4O/c1-39(2)42-20-25-59-61(33-42)70(63-55(40(3)4)31-45(32-56(63)41(5)6)52-23-21-48(66)35-57(52)67)38-69(59)49-29-44(43-27-46(64(7,8)9)34-47(28-43)65(10,11)12)30-51(36-49)72-50-22-24-54-53-17-13-14-18-58(53)71(60(54)37-50)62-19-15-16-26-68-62/h13-37,39-41H,38H2,1-12H3. The molecule has 0 N–H and O–H groups in total. The Balaban J connectivity index is 1.17. The van der Waals surface area contributed by atoms with Gasteiger partial charge in [0.2, 0.25) is 0 Å². The minimum atomic E-state index is -0.588. The minimum Gasteiger partial charge on any atom is -0.457 e. The molecular weight excluding hydrogens is 891 g/mol. The van der Waals surface area contributed by atoms with E-state index < -0.39 is 11.6 Å². The third-order valence-electron chi connectivity index (χ3n) is 14.4. The van der Waals surface area contributed by atoms with Crippen LogP contribution in [0.15, 0.2) is 152 Å². The van der Waals surface area contributed by atoms with Crippen LogP contribution in [0.3, 0.4) is 0 Å². The summed E-state index contributed by atoms with van der Waals surface area (Å²) < 4.78 is 39.2. The van der Waals surface area contributed by atoms with Gasteiger partial charge in [-0.05, 0) is 152 Å². The Kier molecular flexibility index (Phi) is 12.4. The van der Waals surface area contributed by atoms with Gasteiger partial charge < -0.3 is 14.5 Å². The molecule has 366 valence electrons. The SMILES string of the molecule is CC(C)c1ccc2c(c1)N(c1c(C(C)C)cc(-c3ccc(F)cc3F)cc1C(C)C)CN2c1cc(Oc2ccc3c4ccccc4n(-c4ccccn4)c3c2)cc(-c2cc(C(C)(C)C)cc(C(C)(C)C)c2)c1. The first-order valence-corrected chi connectivity index (χ1v) is 25.5. The number of benzene rings is 7. The molecule has 0 aliphatic carbocycles. The molecule has 0 unspecified atom stereocenters. The Morgan fingerprint density at radius 2 is 1.19 bits per heavy atom. The van der Waals surface area contributed by atoms with Crippen molar-refractivity contribution in [3.8, 4) is 39.6 Å². The van der Waals surface area contributed by atoms with E-state index in [1.54, 1.807) is 6.07 Å². The second-order valence-electron chi connectivity index (χ2n) is 22.7. The molecule has 2 aromatic heterocycles. The average molecular weight is 957 g/mol. The van der Waals surface area contributed by atoms with Crippen molar-refractivity contribution in [2.45, 2.75) is 112 Å². The Morgan fingerprint density at radius 1 is 0.528 bits per heavy atom. The number of hydrogen-bond donors (Lipinski definition) is 0. The highest BCUT2D eigenvalue weighted by atomic mass is 19.1. The van der Waals surface area contributed by atoms with E-state index in [2.05, 4.69) is 207 Å². The van der Waals surface area contributed by atoms with Crippen molar-refractivity contribution in [1.29, 1.82) is 0 Å². The van der Waals surface area contributed by atoms with Gasteiger partial charge in [-0.15, -0.1) is 0 Å². The van der Waals surface area contributed by atoms with Crippen LogP contribution in [0, 0.1) is 11.6 Å². The summed E-state index contributed by atoms with van der Waals surface area (Å²) >= 11 is 0. The molecule has 72 heavy (non-hydrogen) atoms. The summed E-state index contributed by atoms with van der Waals surface area (Å²) in [5.41, 5.74) is 15.5. The zero-order chi connectivity index (χ0) is 51.0. The third-order valence-corrected chi connectivity index (χ3v) is 14.4. The van der Waals surface area contributed by atoms with E-state index in [0.717, 1.165) is 95.8 Å². The second kappa shape index (κ2) is 18.4. The van der Waals surface area contributed by atoms with Crippen molar-refractivity contribution in [1.82, 2.24) is 9.55 Å². The Bertz CT molecular complexity index is 3460. The smallest absolute Gasteiger partial charge is 0.137 e. The van der Waals surface area contributed by atoms with Crippen LogP contribution in [0.25, 0.3) is 49.9 Å². The fourth-order valence-corrected chi connectivity index (χ4v) is 10.3. The van der Waals surface area contributed by atoms with Gasteiger partial charge in [-0.3, -0.25) is 4.57 Å². The van der Waals surface area contributed by atoms with Crippen molar-refractivity contribution in [3.63, 3.8) is 0 Å². The van der Waals surface area contributed by atoms with E-state index in [-0.39, 0.29) is 22.7 Å². The van der Waals surface area contributed by atoms with E-state index >= 15 is 4.39 Å². The zero-order valence-corrected chi connectivity index (χ0v) is 43.8. The minimum absolute atomic E-state index is 0.0861. The molecule has 10 rings (SSSR count). The summed E-state index contributed by atoms with van der Waals surface area (Å²) in [6.45, 7) is 27.5. The first-order valence-electron chi connectivity index (χ1n) is 25.5. The number of hydrogen-bond acceptors (Lipinski definition) is 4. The van der Waals surface area contributed by atoms with Crippen molar-refractivity contribution in [2.75, 3.05) is 16.5 Å².